The molecule has 2 N–H and O–H groups in total. The highest BCUT2D eigenvalue weighted by atomic mass is 19.2. The lowest BCUT2D eigenvalue weighted by Gasteiger charge is -2.31. The Morgan fingerprint density at radius 3 is 2.56 bits per heavy atom. The molecule has 6 nitrogen and oxygen atoms in total. The van der Waals surface area contributed by atoms with Crippen LogP contribution >= 0.6 is 0 Å². The predicted molar refractivity (Wildman–Crippen MR) is 94.7 cm³/mol. The number of anilines is 1. The highest BCUT2D eigenvalue weighted by Crippen LogP contribution is 2.18. The maximum absolute atomic E-state index is 13.1. The van der Waals surface area contributed by atoms with Crippen LogP contribution in [0.3, 0.4) is 0 Å². The van der Waals surface area contributed by atoms with Crippen LogP contribution in [0.25, 0.3) is 0 Å². The van der Waals surface area contributed by atoms with Gasteiger partial charge in [-0.1, -0.05) is 0 Å². The lowest BCUT2D eigenvalue weighted by molar-refractivity contribution is -0.136. The van der Waals surface area contributed by atoms with Crippen molar-refractivity contribution in [2.75, 3.05) is 25.0 Å². The third-order valence-corrected chi connectivity index (χ3v) is 4.60. The van der Waals surface area contributed by atoms with Gasteiger partial charge in [0.25, 0.3) is 0 Å². The maximum atomic E-state index is 13.1. The lowest BCUT2D eigenvalue weighted by Crippen LogP contribution is -2.41. The van der Waals surface area contributed by atoms with E-state index in [2.05, 4.69) is 15.5 Å². The summed E-state index contributed by atoms with van der Waals surface area (Å²) in [6.45, 7) is 2.95. The van der Waals surface area contributed by atoms with E-state index in [9.17, 15) is 18.4 Å². The fourth-order valence-electron chi connectivity index (χ4n) is 3.05. The number of hydrogen-bond donors (Lipinski definition) is 2. The molecule has 0 atom stereocenters. The number of benzene rings is 1. The molecule has 0 saturated carbocycles. The summed E-state index contributed by atoms with van der Waals surface area (Å²) in [6, 6.07) is 6.72. The van der Waals surface area contributed by atoms with Gasteiger partial charge in [-0.05, 0) is 56.1 Å². The van der Waals surface area contributed by atoms with E-state index in [1.54, 1.807) is 6.26 Å². The topological polar surface area (TPSA) is 74.6 Å². The smallest absolute Gasteiger partial charge is 0.313 e. The zero-order valence-electron chi connectivity index (χ0n) is 14.7. The second-order valence-corrected chi connectivity index (χ2v) is 6.59. The zero-order valence-corrected chi connectivity index (χ0v) is 14.7. The Kier molecular flexibility index (Phi) is 6.18. The van der Waals surface area contributed by atoms with Gasteiger partial charge in [0.15, 0.2) is 11.6 Å². The molecule has 0 unspecified atom stereocenters. The van der Waals surface area contributed by atoms with Gasteiger partial charge in [0, 0.05) is 18.3 Å². The van der Waals surface area contributed by atoms with Crippen molar-refractivity contribution >= 4 is 17.5 Å². The molecule has 2 heterocycles. The minimum Gasteiger partial charge on any atom is -0.468 e. The van der Waals surface area contributed by atoms with Crippen LogP contribution in [0.4, 0.5) is 14.5 Å². The van der Waals surface area contributed by atoms with Crippen LogP contribution in [0.1, 0.15) is 18.6 Å². The molecule has 27 heavy (non-hydrogen) atoms. The minimum absolute atomic E-state index is 0.0280. The van der Waals surface area contributed by atoms with E-state index in [1.165, 1.54) is 6.07 Å². The Morgan fingerprint density at radius 1 is 1.11 bits per heavy atom. The first-order valence-electron chi connectivity index (χ1n) is 8.80. The molecule has 1 aromatic heterocycles. The molecule has 8 heteroatoms. The van der Waals surface area contributed by atoms with Gasteiger partial charge in [-0.3, -0.25) is 14.5 Å². The number of piperidine rings is 1. The molecular formula is C19H21F2N3O3. The fraction of sp³-hybridized carbons (Fsp3) is 0.368. The van der Waals surface area contributed by atoms with E-state index in [0.29, 0.717) is 6.54 Å². The van der Waals surface area contributed by atoms with Crippen molar-refractivity contribution in [1.82, 2.24) is 10.2 Å². The molecule has 1 aliphatic rings. The minimum atomic E-state index is -1.09. The molecule has 2 aromatic rings. The van der Waals surface area contributed by atoms with Gasteiger partial charge >= 0.3 is 11.8 Å². The summed E-state index contributed by atoms with van der Waals surface area (Å²) >= 11 is 0. The molecule has 3 rings (SSSR count). The summed E-state index contributed by atoms with van der Waals surface area (Å²) in [5.74, 6) is -2.59. The van der Waals surface area contributed by atoms with Crippen LogP contribution in [0, 0.1) is 17.6 Å². The van der Waals surface area contributed by atoms with Crippen LogP contribution < -0.4 is 10.6 Å². The standard InChI is InChI=1S/C19H21F2N3O3/c20-16-4-3-14(10-17(16)21)23-19(26)18(25)22-11-13-5-7-24(8-6-13)12-15-2-1-9-27-15/h1-4,9-10,13H,5-8,11-12H2,(H,22,25)(H,23,26). The number of amides is 2. The summed E-state index contributed by atoms with van der Waals surface area (Å²) < 4.78 is 31.4. The normalized spacial score (nSPS) is 15.5. The van der Waals surface area contributed by atoms with E-state index >= 15 is 0 Å². The lowest BCUT2D eigenvalue weighted by atomic mass is 9.96. The van der Waals surface area contributed by atoms with E-state index in [0.717, 1.165) is 50.4 Å². The first kappa shape index (κ1) is 19.0. The number of carbonyl (C=O) groups excluding carboxylic acids is 2. The number of halogens is 2. The fourth-order valence-corrected chi connectivity index (χ4v) is 3.05. The molecule has 1 fully saturated rings. The van der Waals surface area contributed by atoms with Crippen LogP contribution in [0.5, 0.6) is 0 Å². The Hall–Kier alpha value is -2.74. The summed E-state index contributed by atoms with van der Waals surface area (Å²) in [4.78, 5) is 26.0. The monoisotopic (exact) mass is 377 g/mol. The van der Waals surface area contributed by atoms with Gasteiger partial charge < -0.3 is 15.1 Å². The molecule has 0 radical (unpaired) electrons. The molecular weight excluding hydrogens is 356 g/mol. The Labute approximate surface area is 155 Å². The predicted octanol–water partition coefficient (Wildman–Crippen LogP) is 2.52. The van der Waals surface area contributed by atoms with Crippen LogP contribution in [-0.4, -0.2) is 36.3 Å². The largest absolute Gasteiger partial charge is 0.468 e. The van der Waals surface area contributed by atoms with Gasteiger partial charge in [-0.15, -0.1) is 0 Å². The number of rotatable bonds is 5. The van der Waals surface area contributed by atoms with Crippen LogP contribution in [-0.2, 0) is 16.1 Å². The molecule has 2 amide bonds. The molecule has 1 aliphatic heterocycles. The number of carbonyl (C=O) groups is 2. The van der Waals surface area contributed by atoms with Crippen molar-refractivity contribution in [3.05, 3.63) is 54.0 Å². The average molecular weight is 377 g/mol. The van der Waals surface area contributed by atoms with Crippen molar-refractivity contribution in [3.8, 4) is 0 Å². The Balaban J connectivity index is 1.38. The first-order valence-corrected chi connectivity index (χ1v) is 8.80. The van der Waals surface area contributed by atoms with Gasteiger partial charge in [0.1, 0.15) is 5.76 Å². The van der Waals surface area contributed by atoms with Gasteiger partial charge in [0.05, 0.1) is 12.8 Å². The molecule has 1 aromatic carbocycles. The summed E-state index contributed by atoms with van der Waals surface area (Å²) in [5, 5.41) is 4.86. The zero-order chi connectivity index (χ0) is 19.2. The molecule has 144 valence electrons. The van der Waals surface area contributed by atoms with E-state index in [1.807, 2.05) is 12.1 Å². The van der Waals surface area contributed by atoms with Crippen molar-refractivity contribution in [1.29, 1.82) is 0 Å². The van der Waals surface area contributed by atoms with Gasteiger partial charge in [0.2, 0.25) is 0 Å². The van der Waals surface area contributed by atoms with Crippen LogP contribution in [0.15, 0.2) is 41.0 Å². The highest BCUT2D eigenvalue weighted by molar-refractivity contribution is 6.39. The van der Waals surface area contributed by atoms with E-state index < -0.39 is 23.4 Å². The number of nitrogens with one attached hydrogen (secondary N) is 2. The highest BCUT2D eigenvalue weighted by Gasteiger charge is 2.22. The first-order chi connectivity index (χ1) is 13.0. The second-order valence-electron chi connectivity index (χ2n) is 6.59. The SMILES string of the molecule is O=C(NCC1CCN(Cc2ccco2)CC1)C(=O)Nc1ccc(F)c(F)c1. The number of nitrogens with zero attached hydrogens (tertiary/aromatic N) is 1. The Bertz CT molecular complexity index is 788. The van der Waals surface area contributed by atoms with Crippen LogP contribution in [0.2, 0.25) is 0 Å². The Morgan fingerprint density at radius 2 is 1.89 bits per heavy atom. The van der Waals surface area contributed by atoms with Crippen molar-refractivity contribution in [2.45, 2.75) is 19.4 Å². The second kappa shape index (κ2) is 8.77. The molecule has 1 saturated heterocycles. The number of hydrogen-bond acceptors (Lipinski definition) is 4. The number of likely N-dealkylation sites (tertiary alicyclic amines) is 1. The summed E-state index contributed by atoms with van der Waals surface area (Å²) in [7, 11) is 0. The summed E-state index contributed by atoms with van der Waals surface area (Å²) in [5.41, 5.74) is 0.0280. The number of furan rings is 1. The van der Waals surface area contributed by atoms with Crippen molar-refractivity contribution < 1.29 is 22.8 Å². The summed E-state index contributed by atoms with van der Waals surface area (Å²) in [6.07, 6.45) is 3.47. The molecule has 0 spiro atoms. The van der Waals surface area contributed by atoms with E-state index in [4.69, 9.17) is 4.42 Å². The quantitative estimate of drug-likeness (QED) is 0.786. The van der Waals surface area contributed by atoms with Crippen molar-refractivity contribution in [3.63, 3.8) is 0 Å². The van der Waals surface area contributed by atoms with Gasteiger partial charge in [-0.25, -0.2) is 8.78 Å². The molecule has 0 aliphatic carbocycles. The van der Waals surface area contributed by atoms with Crippen molar-refractivity contribution in [2.24, 2.45) is 5.92 Å². The van der Waals surface area contributed by atoms with E-state index in [-0.39, 0.29) is 11.6 Å². The van der Waals surface area contributed by atoms with Gasteiger partial charge in [-0.2, -0.15) is 0 Å². The third kappa shape index (κ3) is 5.37. The maximum Gasteiger partial charge on any atom is 0.313 e. The molecule has 0 bridgehead atoms. The third-order valence-electron chi connectivity index (χ3n) is 4.60. The average Bonchev–Trinajstić information content (AvgIpc) is 3.17.